The van der Waals surface area contributed by atoms with Gasteiger partial charge in [-0.15, -0.1) is 0 Å². The summed E-state index contributed by atoms with van der Waals surface area (Å²) >= 11 is 18.7. The summed E-state index contributed by atoms with van der Waals surface area (Å²) in [5.74, 6) is -1.48. The van der Waals surface area contributed by atoms with Crippen LogP contribution in [0.3, 0.4) is 0 Å². The fourth-order valence-electron chi connectivity index (χ4n) is 4.03. The Labute approximate surface area is 211 Å². The highest BCUT2D eigenvalue weighted by Gasteiger charge is 2.62. The fraction of sp³-hybridized carbons (Fsp3) is 0.292. The predicted molar refractivity (Wildman–Crippen MR) is 129 cm³/mol. The molecule has 0 unspecified atom stereocenters. The zero-order valence-electron chi connectivity index (χ0n) is 18.5. The lowest BCUT2D eigenvalue weighted by atomic mass is 9.85. The van der Waals surface area contributed by atoms with E-state index in [0.29, 0.717) is 16.3 Å². The van der Waals surface area contributed by atoms with Crippen molar-refractivity contribution in [2.45, 2.75) is 44.6 Å². The highest BCUT2D eigenvalue weighted by atomic mass is 35.5. The molecule has 2 aromatic rings. The monoisotopic (exact) mass is 522 g/mol. The number of halogens is 3. The van der Waals surface area contributed by atoms with E-state index in [9.17, 15) is 14.4 Å². The first-order valence-corrected chi connectivity index (χ1v) is 11.5. The molecular weight excluding hydrogens is 503 g/mol. The minimum absolute atomic E-state index is 0.182. The first-order chi connectivity index (χ1) is 15.9. The number of rotatable bonds is 4. The number of esters is 1. The minimum Gasteiger partial charge on any atom is -0.449 e. The van der Waals surface area contributed by atoms with Crippen LogP contribution in [-0.2, 0) is 31.1 Å². The smallest absolute Gasteiger partial charge is 0.408 e. The van der Waals surface area contributed by atoms with Gasteiger partial charge in [-0.25, -0.2) is 9.59 Å². The number of benzene rings is 2. The van der Waals surface area contributed by atoms with Crippen LogP contribution in [0, 0.1) is 0 Å². The van der Waals surface area contributed by atoms with Gasteiger partial charge in [0.05, 0.1) is 17.3 Å². The molecule has 0 aliphatic carbocycles. The van der Waals surface area contributed by atoms with Crippen molar-refractivity contribution in [3.8, 4) is 0 Å². The minimum atomic E-state index is -1.96. The van der Waals surface area contributed by atoms with Gasteiger partial charge in [0.15, 0.2) is 11.6 Å². The van der Waals surface area contributed by atoms with Crippen LogP contribution in [0.2, 0.25) is 5.02 Å². The normalized spacial score (nSPS) is 22.1. The molecule has 10 heteroatoms. The first kappa shape index (κ1) is 24.4. The molecule has 2 atom stereocenters. The first-order valence-electron chi connectivity index (χ1n) is 10.4. The van der Waals surface area contributed by atoms with Gasteiger partial charge in [0, 0.05) is 10.6 Å². The van der Waals surface area contributed by atoms with E-state index in [1.165, 1.54) is 11.0 Å². The van der Waals surface area contributed by atoms with Crippen molar-refractivity contribution < 1.29 is 23.9 Å². The van der Waals surface area contributed by atoms with Crippen LogP contribution in [-0.4, -0.2) is 29.7 Å². The van der Waals surface area contributed by atoms with E-state index in [0.717, 1.165) is 5.56 Å². The summed E-state index contributed by atoms with van der Waals surface area (Å²) in [4.78, 5) is 40.9. The second kappa shape index (κ2) is 8.80. The van der Waals surface area contributed by atoms with E-state index < -0.39 is 35.2 Å². The Morgan fingerprint density at radius 2 is 1.79 bits per heavy atom. The topological polar surface area (TPSA) is 84.9 Å². The number of nitrogens with one attached hydrogen (secondary N) is 1. The molecule has 0 radical (unpaired) electrons. The molecule has 2 heterocycles. The highest BCUT2D eigenvalue weighted by Crippen LogP contribution is 2.49. The number of fused-ring (bicyclic) bond motifs is 1. The molecule has 0 saturated heterocycles. The molecular formula is C24H21Cl3N2O5. The maximum atomic E-state index is 14.1. The van der Waals surface area contributed by atoms with Crippen molar-refractivity contribution in [1.29, 1.82) is 0 Å². The molecule has 2 aliphatic rings. The van der Waals surface area contributed by atoms with E-state index in [2.05, 4.69) is 5.32 Å². The summed E-state index contributed by atoms with van der Waals surface area (Å²) < 4.78 is 10.9. The number of ether oxygens (including phenoxy) is 2. The van der Waals surface area contributed by atoms with Crippen LogP contribution in [0.4, 0.5) is 10.5 Å². The van der Waals surface area contributed by atoms with Gasteiger partial charge in [-0.2, -0.15) is 0 Å². The molecule has 4 rings (SSSR count). The van der Waals surface area contributed by atoms with E-state index in [-0.39, 0.29) is 16.6 Å². The molecule has 178 valence electrons. The summed E-state index contributed by atoms with van der Waals surface area (Å²) in [5, 5.41) is 2.38. The van der Waals surface area contributed by atoms with E-state index >= 15 is 0 Å². The number of carbonyl (C=O) groups is 3. The van der Waals surface area contributed by atoms with Gasteiger partial charge in [0.1, 0.15) is 10.6 Å². The Morgan fingerprint density at radius 1 is 1.12 bits per heavy atom. The van der Waals surface area contributed by atoms with Crippen molar-refractivity contribution in [2.24, 2.45) is 0 Å². The van der Waals surface area contributed by atoms with Gasteiger partial charge >= 0.3 is 12.1 Å². The molecule has 0 spiro atoms. The Hall–Kier alpha value is -2.74. The number of amides is 2. The maximum absolute atomic E-state index is 14.1. The molecule has 2 aromatic carbocycles. The summed E-state index contributed by atoms with van der Waals surface area (Å²) in [5.41, 5.74) is -1.21. The molecule has 0 saturated carbocycles. The average molecular weight is 524 g/mol. The van der Waals surface area contributed by atoms with Crippen molar-refractivity contribution in [3.05, 3.63) is 74.7 Å². The van der Waals surface area contributed by atoms with Crippen LogP contribution < -0.4 is 10.2 Å². The number of alkyl carbamates (subject to hydrolysis) is 1. The van der Waals surface area contributed by atoms with E-state index in [1.54, 1.807) is 32.9 Å². The second-order valence-electron chi connectivity index (χ2n) is 8.92. The van der Waals surface area contributed by atoms with Crippen LogP contribution >= 0.6 is 34.8 Å². The lowest BCUT2D eigenvalue weighted by molar-refractivity contribution is -0.145. The van der Waals surface area contributed by atoms with E-state index in [4.69, 9.17) is 44.3 Å². The van der Waals surface area contributed by atoms with Crippen molar-refractivity contribution in [3.63, 3.8) is 0 Å². The van der Waals surface area contributed by atoms with Gasteiger partial charge in [-0.1, -0.05) is 65.1 Å². The van der Waals surface area contributed by atoms with E-state index in [1.807, 2.05) is 30.3 Å². The van der Waals surface area contributed by atoms with Gasteiger partial charge in [-0.3, -0.25) is 10.1 Å². The largest absolute Gasteiger partial charge is 0.449 e. The molecule has 34 heavy (non-hydrogen) atoms. The molecule has 0 fully saturated rings. The third-order valence-electron chi connectivity index (χ3n) is 5.38. The second-order valence-corrected chi connectivity index (χ2v) is 10.1. The van der Waals surface area contributed by atoms with Gasteiger partial charge in [0.25, 0.3) is 5.91 Å². The third-order valence-corrected chi connectivity index (χ3v) is 6.45. The molecule has 2 amide bonds. The van der Waals surface area contributed by atoms with Crippen LogP contribution in [0.15, 0.2) is 58.6 Å². The lowest BCUT2D eigenvalue weighted by Gasteiger charge is -2.35. The average Bonchev–Trinajstić information content (AvgIpc) is 3.14. The zero-order valence-corrected chi connectivity index (χ0v) is 20.8. The lowest BCUT2D eigenvalue weighted by Crippen LogP contribution is -2.60. The summed E-state index contributed by atoms with van der Waals surface area (Å²) in [6, 6.07) is 14.1. The van der Waals surface area contributed by atoms with Crippen molar-refractivity contribution in [2.75, 3.05) is 4.90 Å². The molecule has 0 bridgehead atoms. The number of hydrogen-bond acceptors (Lipinski definition) is 5. The molecule has 2 aliphatic heterocycles. The Kier molecular flexibility index (Phi) is 6.31. The summed E-state index contributed by atoms with van der Waals surface area (Å²) in [7, 11) is 0. The Morgan fingerprint density at radius 3 is 2.38 bits per heavy atom. The van der Waals surface area contributed by atoms with Crippen molar-refractivity contribution >= 4 is 58.5 Å². The van der Waals surface area contributed by atoms with Crippen LogP contribution in [0.5, 0.6) is 0 Å². The predicted octanol–water partition coefficient (Wildman–Crippen LogP) is 5.22. The number of carbonyl (C=O) groups excluding carboxylic acids is 3. The van der Waals surface area contributed by atoms with Gasteiger partial charge < -0.3 is 14.4 Å². The Balaban J connectivity index is 1.89. The van der Waals surface area contributed by atoms with Crippen molar-refractivity contribution in [1.82, 2.24) is 5.32 Å². The maximum Gasteiger partial charge on any atom is 0.408 e. The molecule has 0 aromatic heterocycles. The number of anilines is 1. The Bertz CT molecular complexity index is 1210. The number of cyclic esters (lactones) is 1. The van der Waals surface area contributed by atoms with Crippen LogP contribution in [0.25, 0.3) is 0 Å². The van der Waals surface area contributed by atoms with Gasteiger partial charge in [0.2, 0.25) is 0 Å². The van der Waals surface area contributed by atoms with Crippen LogP contribution in [0.1, 0.15) is 31.9 Å². The quantitative estimate of drug-likeness (QED) is 0.555. The molecule has 1 N–H and O–H groups in total. The molecule has 7 nitrogen and oxygen atoms in total. The summed E-state index contributed by atoms with van der Waals surface area (Å²) in [6.07, 6.45) is -2.33. The SMILES string of the molecule is CC(C)(C)OC(=O)N[C@]1([C@H]2OC(=O)C(Cl)=C2Cl)C(=O)N(Cc2ccccc2)c2ccc(Cl)cc21. The third kappa shape index (κ3) is 4.24. The highest BCUT2D eigenvalue weighted by molar-refractivity contribution is 6.49. The fourth-order valence-corrected chi connectivity index (χ4v) is 4.63. The standard InChI is InChI=1S/C24H21Cl3N2O5/c1-23(2,3)34-22(32)28-24(19-17(26)18(27)20(30)33-19)15-11-14(25)9-10-16(15)29(21(24)31)12-13-7-5-4-6-8-13/h4-11,19H,12H2,1-3H3,(H,28,32)/t19-,24+/m0/s1. The zero-order chi connectivity index (χ0) is 24.8. The summed E-state index contributed by atoms with van der Waals surface area (Å²) in [6.45, 7) is 5.23. The number of hydrogen-bond donors (Lipinski definition) is 1. The van der Waals surface area contributed by atoms with Gasteiger partial charge in [-0.05, 0) is 44.5 Å². The number of nitrogens with zero attached hydrogens (tertiary/aromatic N) is 1.